The van der Waals surface area contributed by atoms with E-state index in [0.29, 0.717) is 12.1 Å². The Kier molecular flexibility index (Phi) is 4.44. The van der Waals surface area contributed by atoms with Crippen molar-refractivity contribution in [1.29, 1.82) is 0 Å². The number of hydrogen-bond acceptors (Lipinski definition) is 4. The van der Waals surface area contributed by atoms with Crippen molar-refractivity contribution in [3.05, 3.63) is 51.5 Å². The molecule has 4 heteroatoms. The molecule has 0 aliphatic carbocycles. The second-order valence-electron chi connectivity index (χ2n) is 5.17. The van der Waals surface area contributed by atoms with E-state index in [1.165, 1.54) is 21.0 Å². The molecule has 0 bridgehead atoms. The highest BCUT2D eigenvalue weighted by Crippen LogP contribution is 2.33. The SMILES string of the molecule is CCc1cnc(C(C)NC2CSCc3ccccc32)s1. The van der Waals surface area contributed by atoms with Gasteiger partial charge in [-0.25, -0.2) is 4.98 Å². The fourth-order valence-electron chi connectivity index (χ4n) is 2.58. The summed E-state index contributed by atoms with van der Waals surface area (Å²) >= 11 is 3.84. The highest BCUT2D eigenvalue weighted by Gasteiger charge is 2.22. The molecule has 0 spiro atoms. The van der Waals surface area contributed by atoms with Crippen LogP contribution >= 0.6 is 23.1 Å². The number of aryl methyl sites for hydroxylation is 1. The van der Waals surface area contributed by atoms with E-state index >= 15 is 0 Å². The zero-order chi connectivity index (χ0) is 13.9. The Morgan fingerprint density at radius 1 is 1.40 bits per heavy atom. The van der Waals surface area contributed by atoms with Crippen LogP contribution in [0.25, 0.3) is 0 Å². The van der Waals surface area contributed by atoms with Gasteiger partial charge in [-0.2, -0.15) is 11.8 Å². The van der Waals surface area contributed by atoms with Gasteiger partial charge < -0.3 is 5.32 Å². The molecule has 0 radical (unpaired) electrons. The van der Waals surface area contributed by atoms with Gasteiger partial charge in [0.2, 0.25) is 0 Å². The molecule has 0 saturated carbocycles. The maximum atomic E-state index is 4.56. The number of aromatic nitrogens is 1. The van der Waals surface area contributed by atoms with E-state index in [1.54, 1.807) is 0 Å². The van der Waals surface area contributed by atoms with Crippen LogP contribution in [-0.2, 0) is 12.2 Å². The predicted octanol–water partition coefficient (Wildman–Crippen LogP) is 4.34. The minimum Gasteiger partial charge on any atom is -0.300 e. The van der Waals surface area contributed by atoms with Crippen LogP contribution in [0, 0.1) is 0 Å². The Morgan fingerprint density at radius 2 is 2.25 bits per heavy atom. The lowest BCUT2D eigenvalue weighted by molar-refractivity contribution is 0.494. The van der Waals surface area contributed by atoms with Gasteiger partial charge in [-0.1, -0.05) is 31.2 Å². The van der Waals surface area contributed by atoms with Crippen LogP contribution in [0.4, 0.5) is 0 Å². The lowest BCUT2D eigenvalue weighted by Crippen LogP contribution is -2.29. The molecule has 106 valence electrons. The summed E-state index contributed by atoms with van der Waals surface area (Å²) in [5.41, 5.74) is 2.94. The minimum absolute atomic E-state index is 0.317. The third-order valence-electron chi connectivity index (χ3n) is 3.71. The maximum Gasteiger partial charge on any atom is 0.109 e. The number of fused-ring (bicyclic) bond motifs is 1. The van der Waals surface area contributed by atoms with Crippen LogP contribution in [0.1, 0.15) is 46.9 Å². The monoisotopic (exact) mass is 304 g/mol. The van der Waals surface area contributed by atoms with Gasteiger partial charge in [0.15, 0.2) is 0 Å². The first-order chi connectivity index (χ1) is 9.78. The number of hydrogen-bond donors (Lipinski definition) is 1. The highest BCUT2D eigenvalue weighted by molar-refractivity contribution is 7.98. The number of nitrogens with one attached hydrogen (secondary N) is 1. The summed E-state index contributed by atoms with van der Waals surface area (Å²) in [4.78, 5) is 5.93. The van der Waals surface area contributed by atoms with Crippen LogP contribution in [0.2, 0.25) is 0 Å². The number of thiazole rings is 1. The number of benzene rings is 1. The average molecular weight is 304 g/mol. The molecule has 2 unspecified atom stereocenters. The van der Waals surface area contributed by atoms with Crippen molar-refractivity contribution in [3.63, 3.8) is 0 Å². The van der Waals surface area contributed by atoms with Crippen LogP contribution in [0.3, 0.4) is 0 Å². The van der Waals surface area contributed by atoms with Crippen LogP contribution in [-0.4, -0.2) is 10.7 Å². The third kappa shape index (κ3) is 2.92. The predicted molar refractivity (Wildman–Crippen MR) is 88.4 cm³/mol. The summed E-state index contributed by atoms with van der Waals surface area (Å²) < 4.78 is 0. The zero-order valence-electron chi connectivity index (χ0n) is 11.9. The van der Waals surface area contributed by atoms with Gasteiger partial charge in [-0.05, 0) is 24.5 Å². The van der Waals surface area contributed by atoms with Gasteiger partial charge in [0.25, 0.3) is 0 Å². The molecule has 2 heterocycles. The Morgan fingerprint density at radius 3 is 3.05 bits per heavy atom. The molecule has 20 heavy (non-hydrogen) atoms. The standard InChI is InChI=1S/C16H20N2S2/c1-3-13-8-17-16(20-13)11(2)18-15-10-19-9-12-6-4-5-7-14(12)15/h4-8,11,15,18H,3,9-10H2,1-2H3. The minimum atomic E-state index is 0.317. The fourth-order valence-corrected chi connectivity index (χ4v) is 4.56. The van der Waals surface area contributed by atoms with Crippen LogP contribution < -0.4 is 5.32 Å². The lowest BCUT2D eigenvalue weighted by Gasteiger charge is -2.28. The molecule has 0 fully saturated rings. The molecule has 2 aromatic rings. The topological polar surface area (TPSA) is 24.9 Å². The Hall–Kier alpha value is -0.840. The second kappa shape index (κ2) is 6.29. The van der Waals surface area contributed by atoms with Crippen molar-refractivity contribution >= 4 is 23.1 Å². The largest absolute Gasteiger partial charge is 0.300 e. The van der Waals surface area contributed by atoms with E-state index < -0.39 is 0 Å². The van der Waals surface area contributed by atoms with Crippen molar-refractivity contribution in [2.24, 2.45) is 0 Å². The Labute approximate surface area is 129 Å². The lowest BCUT2D eigenvalue weighted by atomic mass is 10.0. The third-order valence-corrected chi connectivity index (χ3v) is 6.12. The smallest absolute Gasteiger partial charge is 0.109 e. The molecule has 2 atom stereocenters. The van der Waals surface area contributed by atoms with Crippen molar-refractivity contribution in [2.75, 3.05) is 5.75 Å². The van der Waals surface area contributed by atoms with E-state index in [4.69, 9.17) is 0 Å². The Bertz CT molecular complexity index is 579. The molecule has 1 N–H and O–H groups in total. The summed E-state index contributed by atoms with van der Waals surface area (Å²) in [6.45, 7) is 4.41. The van der Waals surface area contributed by atoms with E-state index in [0.717, 1.165) is 17.9 Å². The molecular formula is C16H20N2S2. The molecule has 0 saturated heterocycles. The zero-order valence-corrected chi connectivity index (χ0v) is 13.6. The van der Waals surface area contributed by atoms with Gasteiger partial charge in [-0.3, -0.25) is 0 Å². The molecule has 3 rings (SSSR count). The van der Waals surface area contributed by atoms with Crippen molar-refractivity contribution < 1.29 is 0 Å². The molecule has 1 aromatic carbocycles. The van der Waals surface area contributed by atoms with Gasteiger partial charge >= 0.3 is 0 Å². The fraction of sp³-hybridized carbons (Fsp3) is 0.438. The summed E-state index contributed by atoms with van der Waals surface area (Å²) in [7, 11) is 0. The molecular weight excluding hydrogens is 284 g/mol. The number of rotatable bonds is 4. The van der Waals surface area contributed by atoms with E-state index in [9.17, 15) is 0 Å². The second-order valence-corrected chi connectivity index (χ2v) is 7.35. The first-order valence-electron chi connectivity index (χ1n) is 7.14. The molecule has 0 amide bonds. The summed E-state index contributed by atoms with van der Waals surface area (Å²) in [6, 6.07) is 9.55. The van der Waals surface area contributed by atoms with Gasteiger partial charge in [0.1, 0.15) is 5.01 Å². The summed E-state index contributed by atoms with van der Waals surface area (Å²) in [6.07, 6.45) is 3.09. The van der Waals surface area contributed by atoms with Crippen molar-refractivity contribution in [3.8, 4) is 0 Å². The van der Waals surface area contributed by atoms with Gasteiger partial charge in [0.05, 0.1) is 6.04 Å². The van der Waals surface area contributed by atoms with Gasteiger partial charge in [0, 0.05) is 28.6 Å². The molecule has 2 nitrogen and oxygen atoms in total. The van der Waals surface area contributed by atoms with Crippen LogP contribution in [0.15, 0.2) is 30.5 Å². The van der Waals surface area contributed by atoms with E-state index in [-0.39, 0.29) is 0 Å². The highest BCUT2D eigenvalue weighted by atomic mass is 32.2. The quantitative estimate of drug-likeness (QED) is 0.909. The maximum absolute atomic E-state index is 4.56. The van der Waals surface area contributed by atoms with Crippen molar-refractivity contribution in [2.45, 2.75) is 38.1 Å². The molecule has 1 aromatic heterocycles. The Balaban J connectivity index is 1.75. The average Bonchev–Trinajstić information content (AvgIpc) is 2.97. The van der Waals surface area contributed by atoms with Crippen molar-refractivity contribution in [1.82, 2.24) is 10.3 Å². The first-order valence-corrected chi connectivity index (χ1v) is 9.11. The summed E-state index contributed by atoms with van der Waals surface area (Å²) in [5, 5.41) is 4.96. The number of nitrogens with zero attached hydrogens (tertiary/aromatic N) is 1. The molecule has 1 aliphatic rings. The number of thioether (sulfide) groups is 1. The summed E-state index contributed by atoms with van der Waals surface area (Å²) in [5.74, 6) is 2.29. The van der Waals surface area contributed by atoms with Crippen LogP contribution in [0.5, 0.6) is 0 Å². The normalized spacial score (nSPS) is 19.6. The molecule has 1 aliphatic heterocycles. The van der Waals surface area contributed by atoms with E-state index in [2.05, 4.69) is 48.4 Å². The first kappa shape index (κ1) is 14.1. The van der Waals surface area contributed by atoms with E-state index in [1.807, 2.05) is 29.3 Å². The van der Waals surface area contributed by atoms with Gasteiger partial charge in [-0.15, -0.1) is 11.3 Å².